The number of hydrogen-bond acceptors (Lipinski definition) is 3. The van der Waals surface area contributed by atoms with E-state index in [1.54, 1.807) is 0 Å². The van der Waals surface area contributed by atoms with Gasteiger partial charge in [0.2, 0.25) is 0 Å². The van der Waals surface area contributed by atoms with Gasteiger partial charge in [0, 0.05) is 4.90 Å². The Hall–Kier alpha value is -0.150. The van der Waals surface area contributed by atoms with Crippen LogP contribution in [0.3, 0.4) is 0 Å². The van der Waals surface area contributed by atoms with Crippen molar-refractivity contribution in [1.29, 1.82) is 0 Å². The molecule has 1 heterocycles. The molecule has 0 saturated heterocycles. The molecule has 0 aliphatic rings. The maximum atomic E-state index is 5.48. The van der Waals surface area contributed by atoms with Crippen molar-refractivity contribution >= 4 is 29.0 Å². The standard InChI is InChI=1S/C5H7NS2/c1-3-2-8-5(6)4(3)7/h2,7H,6H2,1H3. The first kappa shape index (κ1) is 5.98. The lowest BCUT2D eigenvalue weighted by atomic mass is 10.4. The van der Waals surface area contributed by atoms with Gasteiger partial charge in [-0.05, 0) is 17.9 Å². The lowest BCUT2D eigenvalue weighted by Crippen LogP contribution is -1.78. The summed E-state index contributed by atoms with van der Waals surface area (Å²) in [6.45, 7) is 2.00. The molecule has 0 atom stereocenters. The Morgan fingerprint density at radius 2 is 2.38 bits per heavy atom. The molecule has 1 aromatic heterocycles. The molecule has 0 aliphatic heterocycles. The molecule has 0 spiro atoms. The van der Waals surface area contributed by atoms with Gasteiger partial charge in [-0.15, -0.1) is 24.0 Å². The van der Waals surface area contributed by atoms with Gasteiger partial charge in [0.25, 0.3) is 0 Å². The Balaban J connectivity index is 3.19. The molecule has 0 bridgehead atoms. The quantitative estimate of drug-likeness (QED) is 0.536. The lowest BCUT2D eigenvalue weighted by molar-refractivity contribution is 1.39. The number of anilines is 1. The van der Waals surface area contributed by atoms with Crippen molar-refractivity contribution in [2.24, 2.45) is 0 Å². The van der Waals surface area contributed by atoms with E-state index in [1.807, 2.05) is 12.3 Å². The molecule has 0 amide bonds. The number of thiophene rings is 1. The highest BCUT2D eigenvalue weighted by molar-refractivity contribution is 7.80. The van der Waals surface area contributed by atoms with Crippen molar-refractivity contribution in [2.75, 3.05) is 5.73 Å². The molecule has 1 rings (SSSR count). The van der Waals surface area contributed by atoms with Gasteiger partial charge in [-0.3, -0.25) is 0 Å². The number of nitrogen functional groups attached to an aromatic ring is 1. The predicted octanol–water partition coefficient (Wildman–Crippen LogP) is 1.93. The predicted molar refractivity (Wildman–Crippen MR) is 40.7 cm³/mol. The lowest BCUT2D eigenvalue weighted by Gasteiger charge is -1.85. The number of thiol groups is 1. The molecule has 1 nitrogen and oxygen atoms in total. The van der Waals surface area contributed by atoms with Crippen LogP contribution in [0.4, 0.5) is 5.00 Å². The van der Waals surface area contributed by atoms with Gasteiger partial charge >= 0.3 is 0 Å². The van der Waals surface area contributed by atoms with Crippen molar-refractivity contribution in [3.8, 4) is 0 Å². The highest BCUT2D eigenvalue weighted by Crippen LogP contribution is 2.26. The van der Waals surface area contributed by atoms with Crippen LogP contribution in [0.2, 0.25) is 0 Å². The zero-order valence-corrected chi connectivity index (χ0v) is 6.22. The SMILES string of the molecule is Cc1csc(N)c1S. The molecule has 0 radical (unpaired) electrons. The summed E-state index contributed by atoms with van der Waals surface area (Å²) in [6.07, 6.45) is 0. The van der Waals surface area contributed by atoms with Crippen LogP contribution in [0.15, 0.2) is 10.3 Å². The van der Waals surface area contributed by atoms with Gasteiger partial charge in [0.15, 0.2) is 0 Å². The maximum Gasteiger partial charge on any atom is 0.0995 e. The van der Waals surface area contributed by atoms with Crippen molar-refractivity contribution in [2.45, 2.75) is 11.8 Å². The summed E-state index contributed by atoms with van der Waals surface area (Å²) in [5.74, 6) is 0. The average molecular weight is 145 g/mol. The van der Waals surface area contributed by atoms with Crippen molar-refractivity contribution in [3.63, 3.8) is 0 Å². The van der Waals surface area contributed by atoms with Gasteiger partial charge in [-0.2, -0.15) is 0 Å². The Labute approximate surface area is 57.9 Å². The largest absolute Gasteiger partial charge is 0.390 e. The normalized spacial score (nSPS) is 9.75. The van der Waals surface area contributed by atoms with E-state index >= 15 is 0 Å². The summed E-state index contributed by atoms with van der Waals surface area (Å²) in [4.78, 5) is 0.926. The molecule has 0 aliphatic carbocycles. The fraction of sp³-hybridized carbons (Fsp3) is 0.200. The third kappa shape index (κ3) is 0.833. The molecular formula is C5H7NS2. The van der Waals surface area contributed by atoms with E-state index in [9.17, 15) is 0 Å². The van der Waals surface area contributed by atoms with Crippen LogP contribution in [0.1, 0.15) is 5.56 Å². The molecule has 0 saturated carbocycles. The summed E-state index contributed by atoms with van der Waals surface area (Å²) in [5.41, 5.74) is 6.65. The molecular weight excluding hydrogens is 138 g/mol. The second-order valence-corrected chi connectivity index (χ2v) is 2.99. The monoisotopic (exact) mass is 145 g/mol. The van der Waals surface area contributed by atoms with Crippen molar-refractivity contribution in [1.82, 2.24) is 0 Å². The summed E-state index contributed by atoms with van der Waals surface area (Å²) in [7, 11) is 0. The number of nitrogens with two attached hydrogens (primary N) is 1. The first-order valence-corrected chi connectivity index (χ1v) is 3.57. The molecule has 1 aromatic rings. The van der Waals surface area contributed by atoms with Gasteiger partial charge in [0.05, 0.1) is 5.00 Å². The first-order valence-electron chi connectivity index (χ1n) is 2.24. The van der Waals surface area contributed by atoms with Crippen LogP contribution in [-0.2, 0) is 0 Å². The van der Waals surface area contributed by atoms with Crippen LogP contribution in [-0.4, -0.2) is 0 Å². The van der Waals surface area contributed by atoms with E-state index in [0.717, 1.165) is 15.5 Å². The van der Waals surface area contributed by atoms with E-state index in [2.05, 4.69) is 12.6 Å². The molecule has 0 unspecified atom stereocenters. The molecule has 2 N–H and O–H groups in total. The summed E-state index contributed by atoms with van der Waals surface area (Å²) in [6, 6.07) is 0. The van der Waals surface area contributed by atoms with E-state index in [4.69, 9.17) is 5.73 Å². The van der Waals surface area contributed by atoms with Crippen LogP contribution in [0.25, 0.3) is 0 Å². The smallest absolute Gasteiger partial charge is 0.0995 e. The van der Waals surface area contributed by atoms with E-state index < -0.39 is 0 Å². The fourth-order valence-corrected chi connectivity index (χ4v) is 1.46. The molecule has 0 aromatic carbocycles. The fourth-order valence-electron chi connectivity index (χ4n) is 0.458. The van der Waals surface area contributed by atoms with Crippen molar-refractivity contribution in [3.05, 3.63) is 10.9 Å². The zero-order chi connectivity index (χ0) is 6.15. The van der Waals surface area contributed by atoms with Crippen LogP contribution < -0.4 is 5.73 Å². The Morgan fingerprint density at radius 1 is 1.75 bits per heavy atom. The highest BCUT2D eigenvalue weighted by Gasteiger charge is 1.97. The topological polar surface area (TPSA) is 26.0 Å². The Bertz CT molecular complexity index is 173. The Kier molecular flexibility index (Phi) is 1.49. The molecule has 44 valence electrons. The van der Waals surface area contributed by atoms with Gasteiger partial charge in [0.1, 0.15) is 0 Å². The second kappa shape index (κ2) is 1.99. The van der Waals surface area contributed by atoms with Gasteiger partial charge in [-0.1, -0.05) is 0 Å². The minimum Gasteiger partial charge on any atom is -0.390 e. The summed E-state index contributed by atoms with van der Waals surface area (Å²) in [5, 5.41) is 2.81. The first-order chi connectivity index (χ1) is 3.72. The summed E-state index contributed by atoms with van der Waals surface area (Å²) >= 11 is 5.68. The minimum absolute atomic E-state index is 0.811. The zero-order valence-electron chi connectivity index (χ0n) is 4.51. The van der Waals surface area contributed by atoms with Gasteiger partial charge < -0.3 is 5.73 Å². The van der Waals surface area contributed by atoms with Crippen LogP contribution in [0, 0.1) is 6.92 Å². The Morgan fingerprint density at radius 3 is 2.50 bits per heavy atom. The third-order valence-electron chi connectivity index (χ3n) is 0.970. The molecule has 8 heavy (non-hydrogen) atoms. The van der Waals surface area contributed by atoms with E-state index in [1.165, 1.54) is 11.3 Å². The maximum absolute atomic E-state index is 5.48. The summed E-state index contributed by atoms with van der Waals surface area (Å²) < 4.78 is 0. The number of aryl methyl sites for hydroxylation is 1. The number of rotatable bonds is 0. The van der Waals surface area contributed by atoms with Gasteiger partial charge in [-0.25, -0.2) is 0 Å². The number of hydrogen-bond donors (Lipinski definition) is 2. The highest BCUT2D eigenvalue weighted by atomic mass is 32.1. The van der Waals surface area contributed by atoms with Crippen LogP contribution in [0.5, 0.6) is 0 Å². The van der Waals surface area contributed by atoms with E-state index in [-0.39, 0.29) is 0 Å². The van der Waals surface area contributed by atoms with E-state index in [0.29, 0.717) is 0 Å². The van der Waals surface area contributed by atoms with Crippen molar-refractivity contribution < 1.29 is 0 Å². The minimum atomic E-state index is 0.811. The molecule has 3 heteroatoms. The molecule has 0 fully saturated rings. The third-order valence-corrected chi connectivity index (χ3v) is 2.64. The second-order valence-electron chi connectivity index (χ2n) is 1.63. The average Bonchev–Trinajstić information content (AvgIpc) is 1.98. The van der Waals surface area contributed by atoms with Crippen LogP contribution >= 0.6 is 24.0 Å².